The Kier molecular flexibility index (Phi) is 3.72. The van der Waals surface area contributed by atoms with E-state index in [9.17, 15) is 8.42 Å². The van der Waals surface area contributed by atoms with Gasteiger partial charge in [0.25, 0.3) is 0 Å². The number of para-hydroxylation sites is 1. The van der Waals surface area contributed by atoms with Gasteiger partial charge >= 0.3 is 0 Å². The lowest BCUT2D eigenvalue weighted by atomic mass is 10.2. The summed E-state index contributed by atoms with van der Waals surface area (Å²) < 4.78 is 37.3. The van der Waals surface area contributed by atoms with Crippen LogP contribution in [0.15, 0.2) is 53.1 Å². The minimum absolute atomic E-state index is 0.263. The maximum absolute atomic E-state index is 12.3. The maximum Gasteiger partial charge on any atom is 0.238 e. The molecule has 22 heavy (non-hydrogen) atoms. The minimum atomic E-state index is -3.60. The molecule has 0 unspecified atom stereocenters. The number of ether oxygens (including phenoxy) is 1. The van der Waals surface area contributed by atoms with Gasteiger partial charge in [-0.05, 0) is 24.3 Å². The predicted octanol–water partition coefficient (Wildman–Crippen LogP) is 2.78. The number of hydrogen-bond acceptors (Lipinski definition) is 5. The molecule has 1 N–H and O–H groups in total. The number of methoxy groups -OCH3 is 1. The van der Waals surface area contributed by atoms with Crippen LogP contribution in [0.3, 0.4) is 0 Å². The molecule has 1 heterocycles. The van der Waals surface area contributed by atoms with Crippen molar-refractivity contribution in [1.29, 1.82) is 0 Å². The molecule has 0 radical (unpaired) electrons. The Morgan fingerprint density at radius 1 is 1.18 bits per heavy atom. The zero-order chi connectivity index (χ0) is 15.6. The van der Waals surface area contributed by atoms with Crippen LogP contribution >= 0.6 is 0 Å². The third-order valence-corrected chi connectivity index (χ3v) is 4.32. The van der Waals surface area contributed by atoms with E-state index >= 15 is 0 Å². The SMILES string of the molecule is COc1cccc(NS(=O)(=O)Cc2noc3ccccc23)c1. The molecule has 1 aromatic heterocycles. The van der Waals surface area contributed by atoms with Gasteiger partial charge in [-0.2, -0.15) is 0 Å². The highest BCUT2D eigenvalue weighted by molar-refractivity contribution is 7.91. The summed E-state index contributed by atoms with van der Waals surface area (Å²) in [6, 6.07) is 13.9. The number of rotatable bonds is 5. The van der Waals surface area contributed by atoms with E-state index in [4.69, 9.17) is 9.26 Å². The van der Waals surface area contributed by atoms with Crippen LogP contribution in [0.25, 0.3) is 11.0 Å². The van der Waals surface area contributed by atoms with Crippen LogP contribution in [0.1, 0.15) is 5.69 Å². The van der Waals surface area contributed by atoms with Crippen LogP contribution in [0.4, 0.5) is 5.69 Å². The number of benzene rings is 2. The van der Waals surface area contributed by atoms with E-state index in [-0.39, 0.29) is 5.75 Å². The molecular formula is C15H14N2O4S. The molecule has 0 saturated carbocycles. The molecule has 0 atom stereocenters. The molecule has 0 spiro atoms. The van der Waals surface area contributed by atoms with Crippen molar-refractivity contribution in [2.24, 2.45) is 0 Å². The number of anilines is 1. The zero-order valence-electron chi connectivity index (χ0n) is 11.8. The van der Waals surface area contributed by atoms with Gasteiger partial charge in [0.15, 0.2) is 5.58 Å². The maximum atomic E-state index is 12.3. The van der Waals surface area contributed by atoms with Gasteiger partial charge < -0.3 is 9.26 Å². The number of nitrogens with zero attached hydrogens (tertiary/aromatic N) is 1. The van der Waals surface area contributed by atoms with E-state index in [1.807, 2.05) is 6.07 Å². The molecule has 0 aliphatic heterocycles. The number of nitrogens with one attached hydrogen (secondary N) is 1. The summed E-state index contributed by atoms with van der Waals surface area (Å²) in [7, 11) is -2.08. The second kappa shape index (κ2) is 5.69. The van der Waals surface area contributed by atoms with Crippen LogP contribution in [-0.2, 0) is 15.8 Å². The van der Waals surface area contributed by atoms with Crippen molar-refractivity contribution >= 4 is 26.7 Å². The monoisotopic (exact) mass is 318 g/mol. The molecule has 0 amide bonds. The molecule has 0 aliphatic rings. The first-order chi connectivity index (χ1) is 10.6. The van der Waals surface area contributed by atoms with Gasteiger partial charge in [0.05, 0.1) is 12.8 Å². The molecule has 0 saturated heterocycles. The zero-order valence-corrected chi connectivity index (χ0v) is 12.6. The molecule has 6 nitrogen and oxygen atoms in total. The third-order valence-electron chi connectivity index (χ3n) is 3.12. The number of aromatic nitrogens is 1. The highest BCUT2D eigenvalue weighted by Crippen LogP contribution is 2.22. The minimum Gasteiger partial charge on any atom is -0.497 e. The summed E-state index contributed by atoms with van der Waals surface area (Å²) >= 11 is 0. The van der Waals surface area contributed by atoms with Gasteiger partial charge in [-0.15, -0.1) is 0 Å². The summed E-state index contributed by atoms with van der Waals surface area (Å²) in [6.07, 6.45) is 0. The average molecular weight is 318 g/mol. The van der Waals surface area contributed by atoms with Crippen molar-refractivity contribution in [1.82, 2.24) is 5.16 Å². The Morgan fingerprint density at radius 3 is 2.82 bits per heavy atom. The van der Waals surface area contributed by atoms with Gasteiger partial charge in [-0.25, -0.2) is 8.42 Å². The lowest BCUT2D eigenvalue weighted by molar-refractivity contribution is 0.415. The first-order valence-electron chi connectivity index (χ1n) is 6.55. The molecule has 3 rings (SSSR count). The Hall–Kier alpha value is -2.54. The van der Waals surface area contributed by atoms with Crippen LogP contribution < -0.4 is 9.46 Å². The lowest BCUT2D eigenvalue weighted by Crippen LogP contribution is -2.15. The highest BCUT2D eigenvalue weighted by Gasteiger charge is 2.17. The fourth-order valence-corrected chi connectivity index (χ4v) is 3.25. The van der Waals surface area contributed by atoms with E-state index in [1.54, 1.807) is 42.5 Å². The summed E-state index contributed by atoms with van der Waals surface area (Å²) in [5.41, 5.74) is 1.38. The Labute approximate surface area is 127 Å². The quantitative estimate of drug-likeness (QED) is 0.782. The molecule has 2 aromatic carbocycles. The van der Waals surface area contributed by atoms with Crippen LogP contribution in [0.2, 0.25) is 0 Å². The van der Waals surface area contributed by atoms with E-state index in [2.05, 4.69) is 9.88 Å². The average Bonchev–Trinajstić information content (AvgIpc) is 2.89. The largest absolute Gasteiger partial charge is 0.497 e. The molecule has 7 heteroatoms. The second-order valence-electron chi connectivity index (χ2n) is 4.72. The van der Waals surface area contributed by atoms with E-state index in [0.29, 0.717) is 28.1 Å². The third kappa shape index (κ3) is 3.04. The normalized spacial score (nSPS) is 11.5. The van der Waals surface area contributed by atoms with Crippen molar-refractivity contribution in [3.8, 4) is 5.75 Å². The van der Waals surface area contributed by atoms with E-state index in [0.717, 1.165) is 0 Å². The lowest BCUT2D eigenvalue weighted by Gasteiger charge is -2.08. The summed E-state index contributed by atoms with van der Waals surface area (Å²) in [5, 5.41) is 4.53. The Morgan fingerprint density at radius 2 is 2.00 bits per heavy atom. The molecule has 0 aliphatic carbocycles. The van der Waals surface area contributed by atoms with Gasteiger partial charge in [-0.1, -0.05) is 23.4 Å². The Balaban J connectivity index is 1.84. The van der Waals surface area contributed by atoms with Crippen molar-refractivity contribution in [3.05, 3.63) is 54.2 Å². The fourth-order valence-electron chi connectivity index (χ4n) is 2.12. The summed E-state index contributed by atoms with van der Waals surface area (Å²) in [6.45, 7) is 0. The standard InChI is InChI=1S/C15H14N2O4S/c1-20-12-6-4-5-11(9-12)17-22(18,19)10-14-13-7-2-3-8-15(13)21-16-14/h2-9,17H,10H2,1H3. The summed E-state index contributed by atoms with van der Waals surface area (Å²) in [4.78, 5) is 0. The molecule has 0 fully saturated rings. The van der Waals surface area contributed by atoms with Crippen molar-refractivity contribution in [2.45, 2.75) is 5.75 Å². The van der Waals surface area contributed by atoms with Crippen LogP contribution in [0, 0.1) is 0 Å². The smallest absolute Gasteiger partial charge is 0.238 e. The Bertz CT molecular complexity index is 903. The second-order valence-corrected chi connectivity index (χ2v) is 6.44. The first-order valence-corrected chi connectivity index (χ1v) is 8.20. The topological polar surface area (TPSA) is 81.4 Å². The van der Waals surface area contributed by atoms with Gasteiger partial charge in [0, 0.05) is 11.5 Å². The van der Waals surface area contributed by atoms with Gasteiger partial charge in [0.1, 0.15) is 17.2 Å². The number of fused-ring (bicyclic) bond motifs is 1. The highest BCUT2D eigenvalue weighted by atomic mass is 32.2. The van der Waals surface area contributed by atoms with Crippen molar-refractivity contribution < 1.29 is 17.7 Å². The molecule has 0 bridgehead atoms. The predicted molar refractivity (Wildman–Crippen MR) is 83.2 cm³/mol. The molecular weight excluding hydrogens is 304 g/mol. The van der Waals surface area contributed by atoms with Crippen LogP contribution in [0.5, 0.6) is 5.75 Å². The molecule has 3 aromatic rings. The summed E-state index contributed by atoms with van der Waals surface area (Å²) in [5.74, 6) is 0.313. The fraction of sp³-hybridized carbons (Fsp3) is 0.133. The molecule has 114 valence electrons. The van der Waals surface area contributed by atoms with Crippen LogP contribution in [-0.4, -0.2) is 20.7 Å². The number of hydrogen-bond donors (Lipinski definition) is 1. The van der Waals surface area contributed by atoms with Gasteiger partial charge in [0.2, 0.25) is 10.0 Å². The van der Waals surface area contributed by atoms with Crippen molar-refractivity contribution in [3.63, 3.8) is 0 Å². The van der Waals surface area contributed by atoms with E-state index < -0.39 is 10.0 Å². The first kappa shape index (κ1) is 14.4. The van der Waals surface area contributed by atoms with Crippen molar-refractivity contribution in [2.75, 3.05) is 11.8 Å². The van der Waals surface area contributed by atoms with E-state index in [1.165, 1.54) is 7.11 Å². The number of sulfonamides is 1. The van der Waals surface area contributed by atoms with Gasteiger partial charge in [-0.3, -0.25) is 4.72 Å².